The number of aliphatic carboxylic acids is 1. The van der Waals surface area contributed by atoms with Gasteiger partial charge in [-0.2, -0.15) is 0 Å². The molecule has 0 unspecified atom stereocenters. The highest BCUT2D eigenvalue weighted by Gasteiger charge is 2.41. The van der Waals surface area contributed by atoms with E-state index in [0.717, 1.165) is 5.56 Å². The van der Waals surface area contributed by atoms with Crippen LogP contribution in [0.2, 0.25) is 0 Å². The Morgan fingerprint density at radius 3 is 2.75 bits per heavy atom. The molecule has 6 heteroatoms. The first-order valence-electron chi connectivity index (χ1n) is 6.41. The number of para-hydroxylation sites is 1. The van der Waals surface area contributed by atoms with Crippen molar-refractivity contribution in [2.45, 2.75) is 25.3 Å². The second-order valence-corrected chi connectivity index (χ2v) is 5.55. The highest BCUT2D eigenvalue weighted by molar-refractivity contribution is 7.99. The number of benzene rings is 1. The van der Waals surface area contributed by atoms with Gasteiger partial charge in [0.25, 0.3) is 0 Å². The van der Waals surface area contributed by atoms with Crippen LogP contribution in [0.4, 0.5) is 0 Å². The molecule has 2 atom stereocenters. The van der Waals surface area contributed by atoms with Crippen molar-refractivity contribution in [2.75, 3.05) is 12.4 Å². The van der Waals surface area contributed by atoms with Gasteiger partial charge in [0.2, 0.25) is 5.91 Å². The minimum absolute atomic E-state index is 0.237. The second kappa shape index (κ2) is 6.17. The maximum atomic E-state index is 11.8. The Labute approximate surface area is 121 Å². The molecule has 1 aromatic carbocycles. The summed E-state index contributed by atoms with van der Waals surface area (Å²) >= 11 is 1.45. The van der Waals surface area contributed by atoms with Crippen LogP contribution in [0.3, 0.4) is 0 Å². The third kappa shape index (κ3) is 2.75. The van der Waals surface area contributed by atoms with Crippen molar-refractivity contribution in [3.05, 3.63) is 29.8 Å². The monoisotopic (exact) mass is 295 g/mol. The van der Waals surface area contributed by atoms with E-state index in [1.54, 1.807) is 0 Å². The van der Waals surface area contributed by atoms with Gasteiger partial charge < -0.3 is 14.7 Å². The Morgan fingerprint density at radius 1 is 1.45 bits per heavy atom. The summed E-state index contributed by atoms with van der Waals surface area (Å²) in [5, 5.41) is 8.92. The van der Waals surface area contributed by atoms with E-state index in [-0.39, 0.29) is 11.3 Å². The standard InChI is InChI=1S/C14H17NO4S/c1-3-19-12-7-5-4-6-10(12)13-15(9(2)16)11(8-20-13)14(17)18/h4-7,11,13H,3,8H2,1-2H3,(H,17,18)/t11-,13+/m1/s1. The van der Waals surface area contributed by atoms with Gasteiger partial charge in [-0.25, -0.2) is 4.79 Å². The average Bonchev–Trinajstić information content (AvgIpc) is 2.84. The molecule has 1 aliphatic rings. The molecule has 0 saturated carbocycles. The summed E-state index contributed by atoms with van der Waals surface area (Å²) < 4.78 is 5.57. The summed E-state index contributed by atoms with van der Waals surface area (Å²) in [6.45, 7) is 3.82. The third-order valence-electron chi connectivity index (χ3n) is 3.13. The molecule has 1 N–H and O–H groups in total. The Kier molecular flexibility index (Phi) is 4.54. The van der Waals surface area contributed by atoms with E-state index >= 15 is 0 Å². The first-order chi connectivity index (χ1) is 9.56. The number of hydrogen-bond acceptors (Lipinski definition) is 4. The van der Waals surface area contributed by atoms with Gasteiger partial charge in [0.15, 0.2) is 0 Å². The van der Waals surface area contributed by atoms with Gasteiger partial charge >= 0.3 is 5.97 Å². The molecular formula is C14H17NO4S. The first-order valence-corrected chi connectivity index (χ1v) is 7.46. The van der Waals surface area contributed by atoms with E-state index in [2.05, 4.69) is 0 Å². The van der Waals surface area contributed by atoms with Crippen LogP contribution in [-0.2, 0) is 9.59 Å². The summed E-state index contributed by atoms with van der Waals surface area (Å²) in [5.41, 5.74) is 0.846. The minimum atomic E-state index is -0.968. The number of hydrogen-bond donors (Lipinski definition) is 1. The summed E-state index contributed by atoms with van der Waals surface area (Å²) in [4.78, 5) is 24.5. The van der Waals surface area contributed by atoms with Crippen LogP contribution < -0.4 is 4.74 Å². The predicted molar refractivity (Wildman–Crippen MR) is 76.8 cm³/mol. The molecule has 1 saturated heterocycles. The van der Waals surface area contributed by atoms with Crippen LogP contribution >= 0.6 is 11.8 Å². The van der Waals surface area contributed by atoms with E-state index in [1.165, 1.54) is 23.6 Å². The number of carbonyl (C=O) groups excluding carboxylic acids is 1. The molecule has 0 radical (unpaired) electrons. The molecule has 1 aliphatic heterocycles. The molecule has 5 nitrogen and oxygen atoms in total. The number of carboxylic acid groups (broad SMARTS) is 1. The summed E-state index contributed by atoms with van der Waals surface area (Å²) in [5.74, 6) is -0.118. The number of carbonyl (C=O) groups is 2. The lowest BCUT2D eigenvalue weighted by Gasteiger charge is -2.27. The zero-order chi connectivity index (χ0) is 14.7. The zero-order valence-electron chi connectivity index (χ0n) is 11.4. The van der Waals surface area contributed by atoms with Crippen molar-refractivity contribution in [3.8, 4) is 5.75 Å². The van der Waals surface area contributed by atoms with Crippen LogP contribution in [-0.4, -0.2) is 40.3 Å². The van der Waals surface area contributed by atoms with Gasteiger partial charge in [-0.1, -0.05) is 18.2 Å². The molecule has 1 aromatic rings. The van der Waals surface area contributed by atoms with Crippen molar-refractivity contribution in [1.29, 1.82) is 0 Å². The van der Waals surface area contributed by atoms with E-state index < -0.39 is 12.0 Å². The molecule has 1 amide bonds. The number of nitrogens with zero attached hydrogens (tertiary/aromatic N) is 1. The average molecular weight is 295 g/mol. The van der Waals surface area contributed by atoms with Crippen molar-refractivity contribution < 1.29 is 19.4 Å². The normalized spacial score (nSPS) is 21.8. The molecule has 0 aromatic heterocycles. The minimum Gasteiger partial charge on any atom is -0.493 e. The predicted octanol–water partition coefficient (Wildman–Crippen LogP) is 2.13. The number of rotatable bonds is 4. The molecule has 20 heavy (non-hydrogen) atoms. The first kappa shape index (κ1) is 14.7. The maximum absolute atomic E-state index is 11.8. The van der Waals surface area contributed by atoms with E-state index in [1.807, 2.05) is 31.2 Å². The van der Waals surface area contributed by atoms with Crippen molar-refractivity contribution in [2.24, 2.45) is 0 Å². The Hall–Kier alpha value is -1.69. The second-order valence-electron chi connectivity index (χ2n) is 4.44. The van der Waals surface area contributed by atoms with Gasteiger partial charge in [-0.15, -0.1) is 11.8 Å². The SMILES string of the molecule is CCOc1ccccc1[C@@H]1SC[C@H](C(=O)O)N1C(C)=O. The highest BCUT2D eigenvalue weighted by atomic mass is 32.2. The fourth-order valence-electron chi connectivity index (χ4n) is 2.29. The van der Waals surface area contributed by atoms with Gasteiger partial charge in [0, 0.05) is 18.2 Å². The van der Waals surface area contributed by atoms with Gasteiger partial charge in [0.1, 0.15) is 17.2 Å². The van der Waals surface area contributed by atoms with Crippen molar-refractivity contribution in [1.82, 2.24) is 4.90 Å². The molecule has 108 valence electrons. The fraction of sp³-hybridized carbons (Fsp3) is 0.429. The quantitative estimate of drug-likeness (QED) is 0.921. The van der Waals surface area contributed by atoms with E-state index in [0.29, 0.717) is 18.1 Å². The van der Waals surface area contributed by atoms with E-state index in [9.17, 15) is 14.7 Å². The fourth-order valence-corrected chi connectivity index (χ4v) is 3.79. The zero-order valence-corrected chi connectivity index (χ0v) is 12.2. The lowest BCUT2D eigenvalue weighted by atomic mass is 10.1. The number of ether oxygens (including phenoxy) is 1. The van der Waals surface area contributed by atoms with Crippen LogP contribution in [0.1, 0.15) is 24.8 Å². The largest absolute Gasteiger partial charge is 0.493 e. The number of thioether (sulfide) groups is 1. The number of amides is 1. The smallest absolute Gasteiger partial charge is 0.327 e. The van der Waals surface area contributed by atoms with Crippen molar-refractivity contribution in [3.63, 3.8) is 0 Å². The topological polar surface area (TPSA) is 66.8 Å². The van der Waals surface area contributed by atoms with Crippen LogP contribution in [0, 0.1) is 0 Å². The molecule has 1 heterocycles. The third-order valence-corrected chi connectivity index (χ3v) is 4.44. The molecule has 1 fully saturated rings. The Balaban J connectivity index is 2.37. The van der Waals surface area contributed by atoms with E-state index in [4.69, 9.17) is 4.74 Å². The van der Waals surface area contributed by atoms with Gasteiger partial charge in [0.05, 0.1) is 6.61 Å². The molecule has 2 rings (SSSR count). The van der Waals surface area contributed by atoms with Crippen LogP contribution in [0.5, 0.6) is 5.75 Å². The Bertz CT molecular complexity index is 520. The summed E-state index contributed by atoms with van der Waals surface area (Å²) in [7, 11) is 0. The van der Waals surface area contributed by atoms with Crippen LogP contribution in [0.25, 0.3) is 0 Å². The summed E-state index contributed by atoms with van der Waals surface area (Å²) in [6.07, 6.45) is 0. The Morgan fingerprint density at radius 2 is 2.15 bits per heavy atom. The number of carboxylic acids is 1. The molecular weight excluding hydrogens is 278 g/mol. The maximum Gasteiger partial charge on any atom is 0.327 e. The van der Waals surface area contributed by atoms with Crippen LogP contribution in [0.15, 0.2) is 24.3 Å². The molecule has 0 spiro atoms. The molecule has 0 bridgehead atoms. The van der Waals surface area contributed by atoms with Crippen molar-refractivity contribution >= 4 is 23.6 Å². The lowest BCUT2D eigenvalue weighted by Crippen LogP contribution is -2.41. The van der Waals surface area contributed by atoms with Gasteiger partial charge in [-0.05, 0) is 13.0 Å². The molecule has 0 aliphatic carbocycles. The lowest BCUT2D eigenvalue weighted by molar-refractivity contribution is -0.148. The van der Waals surface area contributed by atoms with Gasteiger partial charge in [-0.3, -0.25) is 4.79 Å². The highest BCUT2D eigenvalue weighted by Crippen LogP contribution is 2.44. The summed E-state index contributed by atoms with van der Waals surface area (Å²) in [6, 6.07) is 6.66.